The molecule has 1 aromatic heterocycles. The van der Waals surface area contributed by atoms with Crippen LogP contribution in [-0.2, 0) is 6.54 Å². The fourth-order valence-electron chi connectivity index (χ4n) is 4.16. The number of aryl methyl sites for hydroxylation is 1. The van der Waals surface area contributed by atoms with E-state index in [2.05, 4.69) is 38.5 Å². The number of pyridine rings is 1. The maximum absolute atomic E-state index is 4.45. The zero-order chi connectivity index (χ0) is 17.5. The second-order valence-corrected chi connectivity index (χ2v) is 7.46. The monoisotopic (exact) mass is 343 g/mol. The first-order chi connectivity index (χ1) is 12.3. The zero-order valence-corrected chi connectivity index (χ0v) is 15.8. The van der Waals surface area contributed by atoms with E-state index in [1.807, 2.05) is 19.3 Å². The Bertz CT molecular complexity index is 565. The van der Waals surface area contributed by atoms with Crippen LogP contribution in [0.3, 0.4) is 0 Å². The van der Waals surface area contributed by atoms with E-state index in [4.69, 9.17) is 0 Å². The molecule has 1 unspecified atom stereocenters. The summed E-state index contributed by atoms with van der Waals surface area (Å²) >= 11 is 0. The second-order valence-electron chi connectivity index (χ2n) is 7.46. The minimum absolute atomic E-state index is 0.492. The van der Waals surface area contributed by atoms with Crippen LogP contribution < -0.4 is 10.6 Å². The zero-order valence-electron chi connectivity index (χ0n) is 15.8. The summed E-state index contributed by atoms with van der Waals surface area (Å²) in [5.41, 5.74) is 2.30. The summed E-state index contributed by atoms with van der Waals surface area (Å²) in [5, 5.41) is 7.06. The van der Waals surface area contributed by atoms with E-state index in [9.17, 15) is 0 Å². The highest BCUT2D eigenvalue weighted by Gasteiger charge is 2.27. The Kier molecular flexibility index (Phi) is 6.68. The molecule has 0 radical (unpaired) electrons. The number of nitrogens with one attached hydrogen (secondary N) is 2. The third-order valence-corrected chi connectivity index (χ3v) is 5.65. The molecule has 0 amide bonds. The highest BCUT2D eigenvalue weighted by atomic mass is 15.2. The predicted molar refractivity (Wildman–Crippen MR) is 104 cm³/mol. The molecule has 1 saturated carbocycles. The molecule has 138 valence electrons. The molecular weight excluding hydrogens is 310 g/mol. The number of hydrogen-bond acceptors (Lipinski definition) is 3. The molecule has 0 aromatic carbocycles. The van der Waals surface area contributed by atoms with Crippen LogP contribution >= 0.6 is 0 Å². The van der Waals surface area contributed by atoms with Crippen LogP contribution in [0.15, 0.2) is 23.3 Å². The molecule has 1 aromatic rings. The Morgan fingerprint density at radius 3 is 2.84 bits per heavy atom. The second kappa shape index (κ2) is 9.18. The topological polar surface area (TPSA) is 52.6 Å². The number of aromatic nitrogens is 1. The van der Waals surface area contributed by atoms with Crippen LogP contribution in [0.25, 0.3) is 0 Å². The van der Waals surface area contributed by atoms with Gasteiger partial charge in [0.2, 0.25) is 0 Å². The lowest BCUT2D eigenvalue weighted by Crippen LogP contribution is -2.53. The number of aliphatic imine (C=N–C) groups is 1. The van der Waals surface area contributed by atoms with Crippen molar-refractivity contribution in [2.75, 3.05) is 20.1 Å². The molecule has 2 aliphatic rings. The first-order valence-electron chi connectivity index (χ1n) is 9.88. The molecule has 0 bridgehead atoms. The van der Waals surface area contributed by atoms with Crippen molar-refractivity contribution in [2.24, 2.45) is 4.99 Å². The summed E-state index contributed by atoms with van der Waals surface area (Å²) in [5.74, 6) is 0.889. The molecule has 1 aliphatic heterocycles. The third kappa shape index (κ3) is 5.18. The van der Waals surface area contributed by atoms with Gasteiger partial charge in [-0.1, -0.05) is 25.3 Å². The van der Waals surface area contributed by atoms with E-state index in [0.717, 1.165) is 24.2 Å². The molecule has 5 nitrogen and oxygen atoms in total. The molecule has 3 rings (SSSR count). The minimum atomic E-state index is 0.492. The van der Waals surface area contributed by atoms with E-state index in [0.29, 0.717) is 12.6 Å². The van der Waals surface area contributed by atoms with Gasteiger partial charge >= 0.3 is 0 Å². The maximum Gasteiger partial charge on any atom is 0.191 e. The third-order valence-electron chi connectivity index (χ3n) is 5.65. The Hall–Kier alpha value is -1.62. The van der Waals surface area contributed by atoms with Crippen LogP contribution in [0.1, 0.15) is 56.2 Å². The van der Waals surface area contributed by atoms with E-state index in [1.54, 1.807) is 0 Å². The van der Waals surface area contributed by atoms with Crippen molar-refractivity contribution >= 4 is 5.96 Å². The van der Waals surface area contributed by atoms with E-state index in [-0.39, 0.29) is 0 Å². The first kappa shape index (κ1) is 18.2. The van der Waals surface area contributed by atoms with Crippen LogP contribution in [0.5, 0.6) is 0 Å². The molecule has 0 spiro atoms. The molecule has 2 heterocycles. The smallest absolute Gasteiger partial charge is 0.191 e. The summed E-state index contributed by atoms with van der Waals surface area (Å²) < 4.78 is 0. The van der Waals surface area contributed by atoms with Crippen molar-refractivity contribution in [3.8, 4) is 0 Å². The van der Waals surface area contributed by atoms with Gasteiger partial charge in [0.25, 0.3) is 0 Å². The van der Waals surface area contributed by atoms with E-state index >= 15 is 0 Å². The molecule has 1 atom stereocenters. The molecule has 1 aliphatic carbocycles. The van der Waals surface area contributed by atoms with Crippen LogP contribution in [-0.4, -0.2) is 48.1 Å². The largest absolute Gasteiger partial charge is 0.352 e. The molecule has 2 fully saturated rings. The van der Waals surface area contributed by atoms with Crippen molar-refractivity contribution in [1.82, 2.24) is 20.5 Å². The molecular formula is C20H33N5. The van der Waals surface area contributed by atoms with Crippen molar-refractivity contribution in [3.63, 3.8) is 0 Å². The number of likely N-dealkylation sites (tertiary alicyclic amines) is 1. The van der Waals surface area contributed by atoms with Crippen molar-refractivity contribution in [2.45, 2.75) is 70.5 Å². The standard InChI is InChI=1S/C20H33N5/c1-16-8-6-12-22-19(16)14-23-20(21-2)24-17-9-7-13-25(15-17)18-10-4-3-5-11-18/h6,8,12,17-18H,3-5,7,9-11,13-15H2,1-2H3,(H2,21,23,24). The number of hydrogen-bond donors (Lipinski definition) is 2. The number of rotatable bonds is 4. The number of guanidine groups is 1. The highest BCUT2D eigenvalue weighted by Crippen LogP contribution is 2.25. The van der Waals surface area contributed by atoms with Gasteiger partial charge in [-0.3, -0.25) is 14.9 Å². The van der Waals surface area contributed by atoms with Gasteiger partial charge in [-0.25, -0.2) is 0 Å². The van der Waals surface area contributed by atoms with Gasteiger partial charge in [-0.15, -0.1) is 0 Å². The minimum Gasteiger partial charge on any atom is -0.352 e. The Morgan fingerprint density at radius 2 is 2.08 bits per heavy atom. The predicted octanol–water partition coefficient (Wildman–Crippen LogP) is 2.85. The Labute approximate surface area is 152 Å². The van der Waals surface area contributed by atoms with Gasteiger partial charge in [0, 0.05) is 31.9 Å². The lowest BCUT2D eigenvalue weighted by Gasteiger charge is -2.40. The fraction of sp³-hybridized carbons (Fsp3) is 0.700. The van der Waals surface area contributed by atoms with Crippen LogP contribution in [0, 0.1) is 6.92 Å². The van der Waals surface area contributed by atoms with Gasteiger partial charge in [0.05, 0.1) is 12.2 Å². The van der Waals surface area contributed by atoms with Crippen molar-refractivity contribution in [1.29, 1.82) is 0 Å². The average molecular weight is 344 g/mol. The molecule has 5 heteroatoms. The summed E-state index contributed by atoms with van der Waals surface area (Å²) in [6, 6.07) is 5.38. The summed E-state index contributed by atoms with van der Waals surface area (Å²) in [4.78, 5) is 11.6. The summed E-state index contributed by atoms with van der Waals surface area (Å²) in [7, 11) is 1.85. The normalized spacial score (nSPS) is 23.4. The molecule has 1 saturated heterocycles. The maximum atomic E-state index is 4.45. The van der Waals surface area contributed by atoms with E-state index < -0.39 is 0 Å². The summed E-state index contributed by atoms with van der Waals surface area (Å²) in [6.07, 6.45) is 11.4. The van der Waals surface area contributed by atoms with Crippen molar-refractivity contribution in [3.05, 3.63) is 29.6 Å². The number of nitrogens with zero attached hydrogens (tertiary/aromatic N) is 3. The highest BCUT2D eigenvalue weighted by molar-refractivity contribution is 5.79. The summed E-state index contributed by atoms with van der Waals surface area (Å²) in [6.45, 7) is 5.23. The lowest BCUT2D eigenvalue weighted by atomic mass is 9.92. The first-order valence-corrected chi connectivity index (χ1v) is 9.88. The Morgan fingerprint density at radius 1 is 1.24 bits per heavy atom. The van der Waals surface area contributed by atoms with Crippen molar-refractivity contribution < 1.29 is 0 Å². The Balaban J connectivity index is 1.50. The average Bonchev–Trinajstić information content (AvgIpc) is 2.67. The van der Waals surface area contributed by atoms with Gasteiger partial charge in [0.15, 0.2) is 5.96 Å². The fourth-order valence-corrected chi connectivity index (χ4v) is 4.16. The molecule has 2 N–H and O–H groups in total. The van der Waals surface area contributed by atoms with Gasteiger partial charge in [-0.2, -0.15) is 0 Å². The van der Waals surface area contributed by atoms with Gasteiger partial charge in [-0.05, 0) is 50.8 Å². The van der Waals surface area contributed by atoms with Crippen LogP contribution in [0.2, 0.25) is 0 Å². The quantitative estimate of drug-likeness (QED) is 0.652. The number of piperidine rings is 1. The molecule has 25 heavy (non-hydrogen) atoms. The van der Waals surface area contributed by atoms with Crippen LogP contribution in [0.4, 0.5) is 0 Å². The van der Waals surface area contributed by atoms with Gasteiger partial charge in [0.1, 0.15) is 0 Å². The van der Waals surface area contributed by atoms with Gasteiger partial charge < -0.3 is 10.6 Å². The SMILES string of the molecule is CN=C(NCc1ncccc1C)NC1CCCN(C2CCCCC2)C1. The lowest BCUT2D eigenvalue weighted by molar-refractivity contribution is 0.115. The van der Waals surface area contributed by atoms with E-state index in [1.165, 1.54) is 57.1 Å².